The van der Waals surface area contributed by atoms with E-state index in [1.165, 1.54) is 0 Å². The molecule has 2 aliphatic heterocycles. The van der Waals surface area contributed by atoms with Crippen LogP contribution in [0.5, 0.6) is 0 Å². The van der Waals surface area contributed by atoms with E-state index in [1.807, 2.05) is 24.3 Å². The van der Waals surface area contributed by atoms with Gasteiger partial charge in [-0.2, -0.15) is 0 Å². The van der Waals surface area contributed by atoms with Crippen LogP contribution < -0.4 is 26.2 Å². The third kappa shape index (κ3) is 15.0. The summed E-state index contributed by atoms with van der Waals surface area (Å²) >= 11 is 0. The lowest BCUT2D eigenvalue weighted by atomic mass is 9.33. The van der Waals surface area contributed by atoms with E-state index in [1.54, 1.807) is 9.13 Å². The van der Waals surface area contributed by atoms with E-state index < -0.39 is 120 Å². The zero-order chi connectivity index (χ0) is 95.6. The summed E-state index contributed by atoms with van der Waals surface area (Å²) in [6.07, 6.45) is 3.54. The summed E-state index contributed by atoms with van der Waals surface area (Å²) in [4.78, 5) is 4.88. The maximum atomic E-state index is 10.1. The van der Waals surface area contributed by atoms with E-state index in [-0.39, 0.29) is 65.3 Å². The molecule has 0 amide bonds. The summed E-state index contributed by atoms with van der Waals surface area (Å²) in [5, 5.41) is -0.242. The lowest BCUT2D eigenvalue weighted by Crippen LogP contribution is -2.61. The minimum absolute atomic E-state index is 0.0365. The molecule has 4 nitrogen and oxygen atoms in total. The first-order chi connectivity index (χ1) is 61.5. The number of aromatic nitrogens is 2. The average molecular weight is 1530 g/mol. The Balaban J connectivity index is 1.14. The second kappa shape index (κ2) is 28.5. The van der Waals surface area contributed by atoms with Crippen LogP contribution in [-0.4, -0.2) is 15.8 Å². The normalized spacial score (nSPS) is 15.4. The molecule has 0 aliphatic carbocycles. The first kappa shape index (κ1) is 60.6. The van der Waals surface area contributed by atoms with Crippen LogP contribution in [0.4, 0.5) is 34.1 Å². The number of fused-ring (bicyclic) bond motifs is 10. The lowest BCUT2D eigenvalue weighted by molar-refractivity contribution is 0.411. The fourth-order valence-corrected chi connectivity index (χ4v) is 18.2. The van der Waals surface area contributed by atoms with Gasteiger partial charge < -0.3 is 18.9 Å². The predicted molar refractivity (Wildman–Crippen MR) is 504 cm³/mol. The number of hydrogen-bond acceptors (Lipinski definition) is 2. The number of rotatable bonds is 13. The molecule has 0 radical (unpaired) electrons. The van der Waals surface area contributed by atoms with Crippen molar-refractivity contribution < 1.29 is 21.9 Å². The van der Waals surface area contributed by atoms with Crippen LogP contribution in [0.25, 0.3) is 99.5 Å². The molecule has 0 unspecified atom stereocenters. The van der Waals surface area contributed by atoms with Gasteiger partial charge in [0.15, 0.2) is 0 Å². The second-order valence-corrected chi connectivity index (χ2v) is 41.0. The molecule has 0 atom stereocenters. The molecule has 116 heavy (non-hydrogen) atoms. The predicted octanol–water partition coefficient (Wildman–Crippen LogP) is 29.2. The van der Waals surface area contributed by atoms with Gasteiger partial charge in [-0.1, -0.05) is 327 Å². The Morgan fingerprint density at radius 2 is 0.543 bits per heavy atom. The van der Waals surface area contributed by atoms with Crippen LogP contribution in [0.2, 0.25) is 0 Å². The van der Waals surface area contributed by atoms with Crippen molar-refractivity contribution in [1.29, 1.82) is 0 Å². The summed E-state index contributed by atoms with van der Waals surface area (Å²) in [7, 11) is 0. The summed E-state index contributed by atoms with van der Waals surface area (Å²) in [5.41, 5.74) is 20.7. The Labute approximate surface area is 714 Å². The van der Waals surface area contributed by atoms with Gasteiger partial charge in [0.05, 0.1) is 55.4 Å². The second-order valence-electron chi connectivity index (χ2n) is 41.0. The highest BCUT2D eigenvalue weighted by atomic mass is 15.2. The minimum Gasteiger partial charge on any atom is -0.310 e. The van der Waals surface area contributed by atoms with Gasteiger partial charge >= 0.3 is 0 Å². The van der Waals surface area contributed by atoms with Crippen LogP contribution >= 0.6 is 0 Å². The van der Waals surface area contributed by atoms with Crippen LogP contribution in [-0.2, 0) is 42.9 Å². The zero-order valence-electron chi connectivity index (χ0n) is 87.6. The summed E-state index contributed by atoms with van der Waals surface area (Å²) in [6, 6.07) is 53.9. The molecule has 584 valence electrons. The molecule has 0 fully saturated rings. The highest BCUT2D eigenvalue weighted by Crippen LogP contribution is 2.56. The smallest absolute Gasteiger partial charge is 0.252 e. The van der Waals surface area contributed by atoms with Crippen LogP contribution in [0.3, 0.4) is 0 Å². The van der Waals surface area contributed by atoms with Crippen molar-refractivity contribution in [2.24, 2.45) is 27.1 Å². The fourth-order valence-electron chi connectivity index (χ4n) is 18.2. The van der Waals surface area contributed by atoms with Gasteiger partial charge in [-0.25, -0.2) is 0 Å². The third-order valence-corrected chi connectivity index (χ3v) is 22.7. The van der Waals surface area contributed by atoms with Crippen molar-refractivity contribution in [3.8, 4) is 55.9 Å². The molecule has 0 spiro atoms. The minimum atomic E-state index is -0.781. The van der Waals surface area contributed by atoms with Crippen molar-refractivity contribution in [3.05, 3.63) is 305 Å². The molecule has 0 saturated heterocycles. The summed E-state index contributed by atoms with van der Waals surface area (Å²) in [6.45, 7) is 46.6. The van der Waals surface area contributed by atoms with Crippen molar-refractivity contribution in [1.82, 2.24) is 9.13 Å². The molecule has 4 heterocycles. The quantitative estimate of drug-likeness (QED) is 0.107. The van der Waals surface area contributed by atoms with Crippen molar-refractivity contribution >= 4 is 101 Å². The van der Waals surface area contributed by atoms with Gasteiger partial charge in [0.25, 0.3) is 6.71 Å². The number of hydrogen-bond donors (Lipinski definition) is 0. The topological polar surface area (TPSA) is 16.3 Å². The van der Waals surface area contributed by atoms with Gasteiger partial charge in [-0.15, -0.1) is 0 Å². The van der Waals surface area contributed by atoms with Crippen LogP contribution in [0.15, 0.2) is 267 Å². The summed E-state index contributed by atoms with van der Waals surface area (Å²) < 4.78 is 158. The number of nitrogens with zero attached hydrogens (tertiary/aromatic N) is 4. The van der Waals surface area contributed by atoms with E-state index in [4.69, 9.17) is 0 Å². The van der Waals surface area contributed by atoms with Crippen molar-refractivity contribution in [2.75, 3.05) is 9.80 Å². The Kier molecular flexibility index (Phi) is 14.9. The van der Waals surface area contributed by atoms with E-state index >= 15 is 0 Å². The molecule has 2 aliphatic rings. The van der Waals surface area contributed by atoms with Crippen LogP contribution in [0, 0.1) is 27.1 Å². The molecule has 17 rings (SSSR count). The molecule has 0 bridgehead atoms. The largest absolute Gasteiger partial charge is 0.310 e. The van der Waals surface area contributed by atoms with Crippen LogP contribution in [0.1, 0.15) is 206 Å². The number of benzene rings is 13. The van der Waals surface area contributed by atoms with Gasteiger partial charge in [0, 0.05) is 77.9 Å². The zero-order valence-corrected chi connectivity index (χ0v) is 71.6. The first-order valence-corrected chi connectivity index (χ1v) is 41.3. The van der Waals surface area contributed by atoms with Gasteiger partial charge in [-0.05, 0) is 232 Å². The lowest BCUT2D eigenvalue weighted by Gasteiger charge is -2.46. The number of anilines is 6. The Hall–Kier alpha value is -10.9. The van der Waals surface area contributed by atoms with E-state index in [2.05, 4.69) is 301 Å². The molecule has 2 aromatic heterocycles. The molecule has 15 aromatic rings. The first-order valence-electron chi connectivity index (χ1n) is 49.3. The monoisotopic (exact) mass is 1530 g/mol. The standard InChI is InChI=1S/C111H117BN4/c1-105(2,3)66-71-34-30-38-76(54-71)88-60-80(110(16,17)18)61-89(77-39-31-35-72(55-77)67-106(4,5)6)103(88)115-98-64-82(113-94-46-26-22-42-84(94)85-43-23-27-47-95(85)113)50-52-92(98)112-93-53-51-83(114-96-48-28-24-44-86(96)87-45-25-29-49-97(87)114)65-99(93)116(101-59-75(70-109(13,14)15)58-100(115)102(101)112)104-90(78-40-32-36-73(56-78)68-107(7,8)9)62-81(111(19,20)21)63-91(104)79-41-33-37-74(57-79)69-108(10,11)12/h22-65H,66-70H2,1-21H3/i22D,23D,24D,25D,26D,27D,28D,29D,42D,43D,44D,45D,46D,47D,48D,49D. The SMILES string of the molecule is [2H]c1c([2H])c([2H])c2c(c1[2H])c1c([2H])c([2H])c([2H])c([2H])c1n2-c1ccc2c(c1)N(c1c(-c3cccc(CC(C)(C)C)c3)cc(C(C)(C)C)cc1-c1cccc(CC(C)(C)C)c1)c1cc(CC(C)(C)C)cc3c1B2c1ccc(-n2c4c([2H])c([2H])c([2H])c([2H])c4c4c([2H])c([2H])c([2H])c([2H])c42)cc1N3c1c(-c2cccc(CC(C)(C)C)c2)cc(C(C)(C)C)cc1-c1cccc(CC(C)(C)C)c1. The Morgan fingerprint density at radius 3 is 0.810 bits per heavy atom. The highest BCUT2D eigenvalue weighted by molar-refractivity contribution is 7.00. The third-order valence-electron chi connectivity index (χ3n) is 22.7. The Bertz CT molecular complexity index is 6650. The van der Waals surface area contributed by atoms with Crippen molar-refractivity contribution in [3.63, 3.8) is 0 Å². The molecular formula is C111H117BN4. The average Bonchev–Trinajstić information content (AvgIpc) is 0.813. The molecular weight excluding hydrogens is 1400 g/mol. The van der Waals surface area contributed by atoms with E-state index in [0.717, 1.165) is 148 Å². The maximum absolute atomic E-state index is 10.1. The molecule has 13 aromatic carbocycles. The van der Waals surface area contributed by atoms with Gasteiger partial charge in [0.2, 0.25) is 0 Å². The van der Waals surface area contributed by atoms with E-state index in [9.17, 15) is 21.9 Å². The Morgan fingerprint density at radius 1 is 0.276 bits per heavy atom. The van der Waals surface area contributed by atoms with Gasteiger partial charge in [-0.3, -0.25) is 0 Å². The van der Waals surface area contributed by atoms with Crippen molar-refractivity contribution in [2.45, 2.75) is 188 Å². The van der Waals surface area contributed by atoms with E-state index in [0.29, 0.717) is 29.2 Å². The molecule has 5 heteroatoms. The molecule has 0 N–H and O–H groups in total. The number of para-hydroxylation sites is 4. The highest BCUT2D eigenvalue weighted by Gasteiger charge is 2.47. The summed E-state index contributed by atoms with van der Waals surface area (Å²) in [5.74, 6) is 0. The van der Waals surface area contributed by atoms with Gasteiger partial charge in [0.1, 0.15) is 0 Å². The molecule has 0 saturated carbocycles. The fraction of sp³-hybridized carbons (Fsp3) is 0.297. The maximum Gasteiger partial charge on any atom is 0.252 e.